The van der Waals surface area contributed by atoms with Crippen LogP contribution < -0.4 is 0 Å². The van der Waals surface area contributed by atoms with Gasteiger partial charge >= 0.3 is 0 Å². The average molecular weight is 244 g/mol. The fourth-order valence-corrected chi connectivity index (χ4v) is 3.82. The topological polar surface area (TPSA) is 43.4 Å². The SMILES string of the molecule is CCOCCS(=O)(=O)CCSSC. The first-order valence-corrected chi connectivity index (χ1v) is 8.61. The van der Waals surface area contributed by atoms with Crippen LogP contribution in [0.15, 0.2) is 0 Å². The van der Waals surface area contributed by atoms with E-state index >= 15 is 0 Å². The van der Waals surface area contributed by atoms with Crippen LogP contribution in [-0.4, -0.2) is 45.1 Å². The second kappa shape index (κ2) is 7.96. The third kappa shape index (κ3) is 8.93. The summed E-state index contributed by atoms with van der Waals surface area (Å²) in [6, 6.07) is 0. The van der Waals surface area contributed by atoms with Crippen molar-refractivity contribution in [2.45, 2.75) is 6.92 Å². The molecule has 0 aromatic rings. The van der Waals surface area contributed by atoms with Crippen LogP contribution in [0.1, 0.15) is 6.92 Å². The van der Waals surface area contributed by atoms with Crippen LogP contribution >= 0.6 is 21.6 Å². The Morgan fingerprint density at radius 2 is 2.00 bits per heavy atom. The van der Waals surface area contributed by atoms with Gasteiger partial charge in [0, 0.05) is 12.4 Å². The van der Waals surface area contributed by atoms with Crippen LogP contribution in [0.4, 0.5) is 0 Å². The number of sulfone groups is 1. The van der Waals surface area contributed by atoms with E-state index in [0.717, 1.165) is 0 Å². The highest BCUT2D eigenvalue weighted by atomic mass is 33.1. The van der Waals surface area contributed by atoms with E-state index in [-0.39, 0.29) is 11.5 Å². The third-order valence-electron chi connectivity index (χ3n) is 1.34. The second-order valence-electron chi connectivity index (χ2n) is 2.34. The summed E-state index contributed by atoms with van der Waals surface area (Å²) >= 11 is 0. The Hall–Kier alpha value is 0.610. The number of hydrogen-bond acceptors (Lipinski definition) is 5. The molecule has 0 spiro atoms. The van der Waals surface area contributed by atoms with Crippen LogP contribution in [0.5, 0.6) is 0 Å². The van der Waals surface area contributed by atoms with Gasteiger partial charge in [0.05, 0.1) is 18.1 Å². The lowest BCUT2D eigenvalue weighted by Gasteiger charge is -2.03. The molecule has 0 amide bonds. The molecule has 0 fully saturated rings. The minimum absolute atomic E-state index is 0.149. The van der Waals surface area contributed by atoms with Crippen molar-refractivity contribution in [3.8, 4) is 0 Å². The lowest BCUT2D eigenvalue weighted by atomic mass is 10.8. The lowest BCUT2D eigenvalue weighted by Crippen LogP contribution is -2.16. The Morgan fingerprint density at radius 1 is 1.31 bits per heavy atom. The molecule has 0 saturated heterocycles. The standard InChI is InChI=1S/C7H16O3S3/c1-3-10-4-6-13(8,9)7-5-12-11-2/h3-7H2,1-2H3. The molecule has 0 N–H and O–H groups in total. The van der Waals surface area contributed by atoms with Gasteiger partial charge in [-0.3, -0.25) is 0 Å². The minimum atomic E-state index is -2.89. The zero-order valence-corrected chi connectivity index (χ0v) is 10.4. The van der Waals surface area contributed by atoms with E-state index in [9.17, 15) is 8.42 Å². The van der Waals surface area contributed by atoms with Crippen LogP contribution in [0.3, 0.4) is 0 Å². The molecule has 0 saturated carbocycles. The third-order valence-corrected chi connectivity index (χ3v) is 5.03. The highest BCUT2D eigenvalue weighted by molar-refractivity contribution is 8.76. The van der Waals surface area contributed by atoms with Crippen molar-refractivity contribution in [3.63, 3.8) is 0 Å². The highest BCUT2D eigenvalue weighted by Gasteiger charge is 2.09. The maximum absolute atomic E-state index is 11.3. The van der Waals surface area contributed by atoms with Crippen LogP contribution in [-0.2, 0) is 14.6 Å². The zero-order chi connectivity index (χ0) is 10.2. The van der Waals surface area contributed by atoms with Crippen molar-refractivity contribution in [3.05, 3.63) is 0 Å². The molecule has 0 aliphatic rings. The molecule has 0 bridgehead atoms. The van der Waals surface area contributed by atoms with Crippen LogP contribution in [0, 0.1) is 0 Å². The molecular weight excluding hydrogens is 228 g/mol. The molecule has 0 aliphatic carbocycles. The van der Waals surface area contributed by atoms with Gasteiger partial charge in [-0.15, -0.1) is 0 Å². The molecule has 0 rings (SSSR count). The molecule has 0 heterocycles. The van der Waals surface area contributed by atoms with Crippen molar-refractivity contribution in [1.82, 2.24) is 0 Å². The Morgan fingerprint density at radius 3 is 2.54 bits per heavy atom. The summed E-state index contributed by atoms with van der Waals surface area (Å²) in [7, 11) is 0.277. The average Bonchev–Trinajstić information content (AvgIpc) is 2.05. The smallest absolute Gasteiger partial charge is 0.153 e. The fourth-order valence-electron chi connectivity index (χ4n) is 0.677. The molecule has 0 aromatic heterocycles. The summed E-state index contributed by atoms with van der Waals surface area (Å²) in [5.41, 5.74) is 0. The summed E-state index contributed by atoms with van der Waals surface area (Å²) in [6.07, 6.45) is 1.94. The quantitative estimate of drug-likeness (QED) is 0.477. The van der Waals surface area contributed by atoms with E-state index in [1.165, 1.54) is 0 Å². The first-order valence-electron chi connectivity index (χ1n) is 4.06. The number of hydrogen-bond donors (Lipinski definition) is 0. The summed E-state index contributed by atoms with van der Waals surface area (Å²) in [4.78, 5) is 0. The van der Waals surface area contributed by atoms with Gasteiger partial charge in [-0.1, -0.05) is 21.6 Å². The zero-order valence-electron chi connectivity index (χ0n) is 7.99. The highest BCUT2D eigenvalue weighted by Crippen LogP contribution is 2.16. The van der Waals surface area contributed by atoms with E-state index in [1.807, 2.05) is 13.2 Å². The van der Waals surface area contributed by atoms with E-state index in [4.69, 9.17) is 4.74 Å². The molecule has 0 atom stereocenters. The lowest BCUT2D eigenvalue weighted by molar-refractivity contribution is 0.163. The monoisotopic (exact) mass is 244 g/mol. The van der Waals surface area contributed by atoms with E-state index in [1.54, 1.807) is 21.6 Å². The summed E-state index contributed by atoms with van der Waals surface area (Å²) in [5.74, 6) is 1.07. The molecule has 13 heavy (non-hydrogen) atoms. The molecule has 0 unspecified atom stereocenters. The fraction of sp³-hybridized carbons (Fsp3) is 1.00. The largest absolute Gasteiger partial charge is 0.381 e. The summed E-state index contributed by atoms with van der Waals surface area (Å²) in [6.45, 7) is 2.76. The van der Waals surface area contributed by atoms with Crippen molar-refractivity contribution in [2.24, 2.45) is 0 Å². The summed E-state index contributed by atoms with van der Waals surface area (Å²) in [5, 5.41) is 0. The number of ether oxygens (including phenoxy) is 1. The van der Waals surface area contributed by atoms with Crippen LogP contribution in [0.25, 0.3) is 0 Å². The van der Waals surface area contributed by atoms with Gasteiger partial charge in [0.1, 0.15) is 0 Å². The molecular formula is C7H16O3S3. The van der Waals surface area contributed by atoms with E-state index in [0.29, 0.717) is 19.0 Å². The molecule has 0 radical (unpaired) electrons. The van der Waals surface area contributed by atoms with E-state index in [2.05, 4.69) is 0 Å². The molecule has 6 heteroatoms. The maximum atomic E-state index is 11.3. The van der Waals surface area contributed by atoms with Gasteiger partial charge in [0.2, 0.25) is 0 Å². The minimum Gasteiger partial charge on any atom is -0.381 e. The predicted molar refractivity (Wildman–Crippen MR) is 61.1 cm³/mol. The Kier molecular flexibility index (Phi) is 8.34. The molecule has 3 nitrogen and oxygen atoms in total. The van der Waals surface area contributed by atoms with Gasteiger partial charge in [0.15, 0.2) is 9.84 Å². The van der Waals surface area contributed by atoms with Gasteiger partial charge < -0.3 is 4.74 Å². The molecule has 80 valence electrons. The second-order valence-corrected chi connectivity index (χ2v) is 7.33. The Balaban J connectivity index is 3.55. The van der Waals surface area contributed by atoms with Gasteiger partial charge in [-0.25, -0.2) is 8.42 Å². The summed E-state index contributed by atoms with van der Waals surface area (Å²) < 4.78 is 27.5. The number of rotatable bonds is 8. The molecule has 0 aromatic carbocycles. The van der Waals surface area contributed by atoms with E-state index < -0.39 is 9.84 Å². The van der Waals surface area contributed by atoms with Crippen molar-refractivity contribution >= 4 is 31.4 Å². The van der Waals surface area contributed by atoms with Crippen LogP contribution in [0.2, 0.25) is 0 Å². The van der Waals surface area contributed by atoms with Crippen molar-refractivity contribution in [2.75, 3.05) is 36.7 Å². The Labute approximate surface area is 88.3 Å². The van der Waals surface area contributed by atoms with Gasteiger partial charge in [-0.2, -0.15) is 0 Å². The predicted octanol–water partition coefficient (Wildman–Crippen LogP) is 1.45. The van der Waals surface area contributed by atoms with Crippen molar-refractivity contribution < 1.29 is 13.2 Å². The van der Waals surface area contributed by atoms with Gasteiger partial charge in [0.25, 0.3) is 0 Å². The first-order chi connectivity index (χ1) is 6.12. The maximum Gasteiger partial charge on any atom is 0.153 e. The Bertz CT molecular complexity index is 185. The van der Waals surface area contributed by atoms with Gasteiger partial charge in [-0.05, 0) is 13.2 Å². The first kappa shape index (κ1) is 13.6. The normalized spacial score (nSPS) is 11.8. The molecule has 0 aliphatic heterocycles. The van der Waals surface area contributed by atoms with Crippen molar-refractivity contribution in [1.29, 1.82) is 0 Å².